The van der Waals surface area contributed by atoms with Crippen molar-refractivity contribution in [2.75, 3.05) is 11.6 Å². The molecular weight excluding hydrogens is 274 g/mol. The zero-order valence-corrected chi connectivity index (χ0v) is 12.7. The Morgan fingerprint density at radius 2 is 1.90 bits per heavy atom. The van der Waals surface area contributed by atoms with Gasteiger partial charge >= 0.3 is 0 Å². The second kappa shape index (κ2) is 5.66. The molecule has 6 heteroatoms. The van der Waals surface area contributed by atoms with Gasteiger partial charge in [0.15, 0.2) is 9.84 Å². The molecule has 0 bridgehead atoms. The number of nitrogens with zero attached hydrogens (tertiary/aromatic N) is 2. The summed E-state index contributed by atoms with van der Waals surface area (Å²) in [6, 6.07) is 6.78. The van der Waals surface area contributed by atoms with E-state index in [4.69, 9.17) is 0 Å². The molecule has 0 amide bonds. The van der Waals surface area contributed by atoms with E-state index in [2.05, 4.69) is 17.3 Å². The number of aromatic nitrogens is 2. The zero-order valence-electron chi connectivity index (χ0n) is 11.9. The van der Waals surface area contributed by atoms with Gasteiger partial charge in [-0.15, -0.1) is 0 Å². The van der Waals surface area contributed by atoms with Crippen LogP contribution in [0.25, 0.3) is 0 Å². The number of rotatable bonds is 5. The van der Waals surface area contributed by atoms with Gasteiger partial charge in [0.05, 0.1) is 10.6 Å². The van der Waals surface area contributed by atoms with Crippen molar-refractivity contribution < 1.29 is 8.42 Å². The van der Waals surface area contributed by atoms with Crippen molar-refractivity contribution in [3.8, 4) is 0 Å². The van der Waals surface area contributed by atoms with Crippen LogP contribution in [0.1, 0.15) is 18.2 Å². The van der Waals surface area contributed by atoms with E-state index in [-0.39, 0.29) is 0 Å². The predicted octanol–water partition coefficient (Wildman–Crippen LogP) is 2.00. The van der Waals surface area contributed by atoms with Gasteiger partial charge in [-0.25, -0.2) is 8.42 Å². The van der Waals surface area contributed by atoms with Crippen LogP contribution in [-0.2, 0) is 29.9 Å². The van der Waals surface area contributed by atoms with E-state index < -0.39 is 9.84 Å². The molecule has 0 unspecified atom stereocenters. The number of hydrogen-bond donors (Lipinski definition) is 1. The molecule has 5 nitrogen and oxygen atoms in total. The number of aryl methyl sites for hydroxylation is 2. The normalized spacial score (nSPS) is 11.6. The van der Waals surface area contributed by atoms with Crippen molar-refractivity contribution in [2.45, 2.75) is 24.8 Å². The standard InChI is InChI=1S/C14H19N3O2S/c1-4-14-11(10-17(2)16-14)9-15-12-5-7-13(8-6-12)20(3,18)19/h5-8,10,15H,4,9H2,1-3H3. The third kappa shape index (κ3) is 3.39. The van der Waals surface area contributed by atoms with Gasteiger partial charge in [0.1, 0.15) is 0 Å². The van der Waals surface area contributed by atoms with Crippen LogP contribution in [0.5, 0.6) is 0 Å². The molecule has 0 aliphatic rings. The van der Waals surface area contributed by atoms with Gasteiger partial charge in [-0.05, 0) is 30.7 Å². The molecule has 1 aromatic heterocycles. The van der Waals surface area contributed by atoms with Crippen LogP contribution < -0.4 is 5.32 Å². The average molecular weight is 293 g/mol. The third-order valence-electron chi connectivity index (χ3n) is 3.09. The van der Waals surface area contributed by atoms with Gasteiger partial charge in [0, 0.05) is 37.3 Å². The smallest absolute Gasteiger partial charge is 0.175 e. The molecule has 0 aliphatic heterocycles. The quantitative estimate of drug-likeness (QED) is 0.916. The van der Waals surface area contributed by atoms with Gasteiger partial charge < -0.3 is 5.32 Å². The summed E-state index contributed by atoms with van der Waals surface area (Å²) < 4.78 is 24.6. The van der Waals surface area contributed by atoms with E-state index in [0.29, 0.717) is 11.4 Å². The van der Waals surface area contributed by atoms with Crippen LogP contribution in [0.15, 0.2) is 35.4 Å². The van der Waals surface area contributed by atoms with Gasteiger partial charge in [0.25, 0.3) is 0 Å². The van der Waals surface area contributed by atoms with Gasteiger partial charge in [-0.3, -0.25) is 4.68 Å². The van der Waals surface area contributed by atoms with E-state index in [1.54, 1.807) is 24.3 Å². The fraction of sp³-hybridized carbons (Fsp3) is 0.357. The first-order chi connectivity index (χ1) is 9.40. The minimum atomic E-state index is -3.14. The molecule has 0 saturated carbocycles. The van der Waals surface area contributed by atoms with E-state index >= 15 is 0 Å². The van der Waals surface area contributed by atoms with E-state index in [1.165, 1.54) is 6.26 Å². The van der Waals surface area contributed by atoms with Crippen LogP contribution in [-0.4, -0.2) is 24.5 Å². The molecule has 0 radical (unpaired) electrons. The Morgan fingerprint density at radius 3 is 2.45 bits per heavy atom. The van der Waals surface area contributed by atoms with Crippen LogP contribution in [0, 0.1) is 0 Å². The molecule has 1 N–H and O–H groups in total. The summed E-state index contributed by atoms with van der Waals surface area (Å²) in [5, 5.41) is 7.66. The summed E-state index contributed by atoms with van der Waals surface area (Å²) >= 11 is 0. The molecule has 1 heterocycles. The van der Waals surface area contributed by atoms with Gasteiger partial charge in [-0.2, -0.15) is 5.10 Å². The predicted molar refractivity (Wildman–Crippen MR) is 79.5 cm³/mol. The van der Waals surface area contributed by atoms with Gasteiger partial charge in [0.2, 0.25) is 0 Å². The third-order valence-corrected chi connectivity index (χ3v) is 4.22. The number of nitrogens with one attached hydrogen (secondary N) is 1. The molecule has 0 atom stereocenters. The van der Waals surface area contributed by atoms with Gasteiger partial charge in [-0.1, -0.05) is 6.92 Å². The molecule has 2 aromatic rings. The average Bonchev–Trinajstić information content (AvgIpc) is 2.76. The Bertz CT molecular complexity index is 688. The molecule has 0 fully saturated rings. The lowest BCUT2D eigenvalue weighted by molar-refractivity contribution is 0.602. The summed E-state index contributed by atoms with van der Waals surface area (Å²) in [4.78, 5) is 0.332. The highest BCUT2D eigenvalue weighted by Crippen LogP contribution is 2.15. The summed E-state index contributed by atoms with van der Waals surface area (Å²) in [5.74, 6) is 0. The number of benzene rings is 1. The first-order valence-corrected chi connectivity index (χ1v) is 8.34. The fourth-order valence-corrected chi connectivity index (χ4v) is 2.68. The maximum atomic E-state index is 11.4. The zero-order chi connectivity index (χ0) is 14.8. The Kier molecular flexibility index (Phi) is 4.13. The Morgan fingerprint density at radius 1 is 1.25 bits per heavy atom. The number of anilines is 1. The maximum absolute atomic E-state index is 11.4. The van der Waals surface area contributed by atoms with E-state index in [9.17, 15) is 8.42 Å². The highest BCUT2D eigenvalue weighted by molar-refractivity contribution is 7.90. The number of sulfone groups is 1. The van der Waals surface area contributed by atoms with Crippen molar-refractivity contribution in [1.82, 2.24) is 9.78 Å². The van der Waals surface area contributed by atoms with Crippen LogP contribution in [0.4, 0.5) is 5.69 Å². The molecule has 20 heavy (non-hydrogen) atoms. The Labute approximate surface area is 119 Å². The molecular formula is C14H19N3O2S. The van der Waals surface area contributed by atoms with E-state index in [0.717, 1.165) is 23.4 Å². The minimum absolute atomic E-state index is 0.332. The SMILES string of the molecule is CCc1nn(C)cc1CNc1ccc(S(C)(=O)=O)cc1. The maximum Gasteiger partial charge on any atom is 0.175 e. The molecule has 2 rings (SSSR count). The largest absolute Gasteiger partial charge is 0.381 e. The topological polar surface area (TPSA) is 64.0 Å². The Balaban J connectivity index is 2.07. The Hall–Kier alpha value is -1.82. The lowest BCUT2D eigenvalue weighted by Gasteiger charge is -2.07. The van der Waals surface area contributed by atoms with Crippen LogP contribution in [0.2, 0.25) is 0 Å². The summed E-state index contributed by atoms with van der Waals surface area (Å²) in [5.41, 5.74) is 3.12. The highest BCUT2D eigenvalue weighted by atomic mass is 32.2. The first-order valence-electron chi connectivity index (χ1n) is 6.45. The summed E-state index contributed by atoms with van der Waals surface area (Å²) in [7, 11) is -1.23. The lowest BCUT2D eigenvalue weighted by Crippen LogP contribution is -2.02. The van der Waals surface area contributed by atoms with Crippen molar-refractivity contribution in [3.63, 3.8) is 0 Å². The molecule has 108 valence electrons. The molecule has 1 aromatic carbocycles. The lowest BCUT2D eigenvalue weighted by atomic mass is 10.2. The minimum Gasteiger partial charge on any atom is -0.381 e. The van der Waals surface area contributed by atoms with Crippen molar-refractivity contribution in [3.05, 3.63) is 41.7 Å². The fourth-order valence-electron chi connectivity index (χ4n) is 2.05. The van der Waals surface area contributed by atoms with Crippen LogP contribution >= 0.6 is 0 Å². The second-order valence-corrected chi connectivity index (χ2v) is 6.79. The molecule has 0 spiro atoms. The van der Waals surface area contributed by atoms with Crippen molar-refractivity contribution >= 4 is 15.5 Å². The molecule has 0 aliphatic carbocycles. The molecule has 0 saturated heterocycles. The van der Waals surface area contributed by atoms with Crippen molar-refractivity contribution in [2.24, 2.45) is 7.05 Å². The van der Waals surface area contributed by atoms with E-state index in [1.807, 2.05) is 17.9 Å². The second-order valence-electron chi connectivity index (χ2n) is 4.78. The van der Waals surface area contributed by atoms with Crippen LogP contribution in [0.3, 0.4) is 0 Å². The number of hydrogen-bond acceptors (Lipinski definition) is 4. The monoisotopic (exact) mass is 293 g/mol. The first kappa shape index (κ1) is 14.6. The summed E-state index contributed by atoms with van der Waals surface area (Å²) in [6.07, 6.45) is 4.10. The van der Waals surface area contributed by atoms with Crippen molar-refractivity contribution in [1.29, 1.82) is 0 Å². The highest BCUT2D eigenvalue weighted by Gasteiger charge is 2.07. The summed E-state index contributed by atoms with van der Waals surface area (Å²) in [6.45, 7) is 2.75.